The maximum absolute atomic E-state index is 6.09. The molecule has 3 rings (SSSR count). The predicted octanol–water partition coefficient (Wildman–Crippen LogP) is 5.52. The van der Waals surface area contributed by atoms with E-state index in [0.29, 0.717) is 18.0 Å². The smallest absolute Gasteiger partial charge is 0.0616 e. The number of halogens is 2. The van der Waals surface area contributed by atoms with Crippen LogP contribution in [-0.4, -0.2) is 23.4 Å². The minimum Gasteiger partial charge on any atom is -0.288 e. The molecule has 0 amide bonds. The molecule has 0 bridgehead atoms. The molecule has 0 heterocycles. The quantitative estimate of drug-likeness (QED) is 0.650. The summed E-state index contributed by atoms with van der Waals surface area (Å²) >= 11 is 6.09. The molecule has 1 atom stereocenters. The number of hydrogen-bond donors (Lipinski definition) is 0. The second-order valence-corrected chi connectivity index (χ2v) is 6.14. The fraction of sp³-hybridized carbons (Fsp3) is 0.368. The molecule has 2 aromatic rings. The Morgan fingerprint density at radius 3 is 1.95 bits per heavy atom. The maximum atomic E-state index is 6.09. The molecule has 0 radical (unpaired) electrons. The van der Waals surface area contributed by atoms with Gasteiger partial charge in [-0.1, -0.05) is 55.5 Å². The Morgan fingerprint density at radius 2 is 1.50 bits per heavy atom. The lowest BCUT2D eigenvalue weighted by atomic mass is 10.0. The van der Waals surface area contributed by atoms with Gasteiger partial charge in [0.25, 0.3) is 0 Å². The number of nitrogens with zero attached hydrogens (tertiary/aromatic N) is 1. The standard InChI is InChI=1S/C19H22ClN.ClH/c1-3-14(2)21(13-12-20)19-17-10-6-4-8-15(17)16-9-5-7-11-18(16)19;/h4-11,14,19H,3,12-13H2,1-2H3;1H. The van der Waals surface area contributed by atoms with E-state index in [1.165, 1.54) is 22.3 Å². The highest BCUT2D eigenvalue weighted by molar-refractivity contribution is 6.18. The fourth-order valence-corrected chi connectivity index (χ4v) is 3.62. The number of benzene rings is 2. The summed E-state index contributed by atoms with van der Waals surface area (Å²) in [5, 5.41) is 0. The molecule has 22 heavy (non-hydrogen) atoms. The van der Waals surface area contributed by atoms with Crippen molar-refractivity contribution in [3.63, 3.8) is 0 Å². The van der Waals surface area contributed by atoms with E-state index in [2.05, 4.69) is 67.3 Å². The molecule has 1 unspecified atom stereocenters. The molecule has 0 saturated carbocycles. The first-order chi connectivity index (χ1) is 10.3. The van der Waals surface area contributed by atoms with Gasteiger partial charge in [-0.15, -0.1) is 24.0 Å². The van der Waals surface area contributed by atoms with Crippen molar-refractivity contribution in [1.82, 2.24) is 4.90 Å². The van der Waals surface area contributed by atoms with Crippen molar-refractivity contribution >= 4 is 24.0 Å². The molecule has 0 aromatic heterocycles. The van der Waals surface area contributed by atoms with Crippen molar-refractivity contribution in [1.29, 1.82) is 0 Å². The van der Waals surface area contributed by atoms with Crippen molar-refractivity contribution in [3.05, 3.63) is 59.7 Å². The van der Waals surface area contributed by atoms with Gasteiger partial charge in [0.1, 0.15) is 0 Å². The molecule has 3 heteroatoms. The highest BCUT2D eigenvalue weighted by Gasteiger charge is 2.33. The van der Waals surface area contributed by atoms with Crippen LogP contribution in [0.25, 0.3) is 11.1 Å². The first-order valence-corrected chi connectivity index (χ1v) is 8.31. The first-order valence-electron chi connectivity index (χ1n) is 7.77. The second kappa shape index (κ2) is 7.50. The predicted molar refractivity (Wildman–Crippen MR) is 98.1 cm³/mol. The summed E-state index contributed by atoms with van der Waals surface area (Å²) < 4.78 is 0. The molecule has 2 aromatic carbocycles. The van der Waals surface area contributed by atoms with Gasteiger partial charge in [-0.25, -0.2) is 0 Å². The minimum atomic E-state index is 0. The van der Waals surface area contributed by atoms with E-state index < -0.39 is 0 Å². The van der Waals surface area contributed by atoms with Crippen LogP contribution in [0, 0.1) is 0 Å². The van der Waals surface area contributed by atoms with E-state index in [4.69, 9.17) is 11.6 Å². The normalized spacial score (nSPS) is 14.4. The summed E-state index contributed by atoms with van der Waals surface area (Å²) in [5.41, 5.74) is 5.59. The zero-order valence-corrected chi connectivity index (χ0v) is 14.7. The average molecular weight is 336 g/mol. The Labute approximate surface area is 144 Å². The highest BCUT2D eigenvalue weighted by atomic mass is 35.5. The van der Waals surface area contributed by atoms with Gasteiger partial charge in [0.15, 0.2) is 0 Å². The summed E-state index contributed by atoms with van der Waals surface area (Å²) in [6.45, 7) is 5.47. The molecule has 0 saturated heterocycles. The van der Waals surface area contributed by atoms with Crippen molar-refractivity contribution in [2.75, 3.05) is 12.4 Å². The van der Waals surface area contributed by atoms with E-state index >= 15 is 0 Å². The fourth-order valence-electron chi connectivity index (χ4n) is 3.42. The van der Waals surface area contributed by atoms with Crippen LogP contribution in [-0.2, 0) is 0 Å². The van der Waals surface area contributed by atoms with E-state index in [-0.39, 0.29) is 12.4 Å². The van der Waals surface area contributed by atoms with Gasteiger partial charge in [-0.3, -0.25) is 4.90 Å². The van der Waals surface area contributed by atoms with Gasteiger partial charge in [0.2, 0.25) is 0 Å². The summed E-state index contributed by atoms with van der Waals surface area (Å²) in [7, 11) is 0. The van der Waals surface area contributed by atoms with Crippen molar-refractivity contribution in [2.45, 2.75) is 32.4 Å². The van der Waals surface area contributed by atoms with Crippen molar-refractivity contribution in [2.24, 2.45) is 0 Å². The third-order valence-electron chi connectivity index (χ3n) is 4.63. The van der Waals surface area contributed by atoms with Crippen LogP contribution in [0.5, 0.6) is 0 Å². The molecule has 1 nitrogen and oxygen atoms in total. The monoisotopic (exact) mass is 335 g/mol. The van der Waals surface area contributed by atoms with Crippen LogP contribution in [0.1, 0.15) is 37.4 Å². The van der Waals surface area contributed by atoms with E-state index in [0.717, 1.165) is 13.0 Å². The lowest BCUT2D eigenvalue weighted by Gasteiger charge is -2.34. The van der Waals surface area contributed by atoms with Crippen LogP contribution >= 0.6 is 24.0 Å². The van der Waals surface area contributed by atoms with Gasteiger partial charge in [-0.05, 0) is 35.6 Å². The van der Waals surface area contributed by atoms with Gasteiger partial charge in [0.05, 0.1) is 6.04 Å². The maximum Gasteiger partial charge on any atom is 0.0616 e. The number of alkyl halides is 1. The summed E-state index contributed by atoms with van der Waals surface area (Å²) in [4.78, 5) is 2.55. The Kier molecular flexibility index (Phi) is 5.91. The average Bonchev–Trinajstić information content (AvgIpc) is 2.86. The second-order valence-electron chi connectivity index (χ2n) is 5.76. The Hall–Kier alpha value is -1.02. The Morgan fingerprint density at radius 1 is 1.00 bits per heavy atom. The SMILES string of the molecule is CCC(C)N(CCCl)C1c2ccccc2-c2ccccc21.Cl. The van der Waals surface area contributed by atoms with E-state index in [9.17, 15) is 0 Å². The van der Waals surface area contributed by atoms with Gasteiger partial charge < -0.3 is 0 Å². The van der Waals surface area contributed by atoms with Crippen LogP contribution < -0.4 is 0 Å². The zero-order valence-electron chi connectivity index (χ0n) is 13.1. The van der Waals surface area contributed by atoms with Crippen LogP contribution in [0.4, 0.5) is 0 Å². The van der Waals surface area contributed by atoms with Gasteiger partial charge in [0, 0.05) is 18.5 Å². The van der Waals surface area contributed by atoms with Crippen molar-refractivity contribution < 1.29 is 0 Å². The van der Waals surface area contributed by atoms with Crippen LogP contribution in [0.15, 0.2) is 48.5 Å². The molecule has 118 valence electrons. The minimum absolute atomic E-state index is 0. The third-order valence-corrected chi connectivity index (χ3v) is 4.80. The lowest BCUT2D eigenvalue weighted by Crippen LogP contribution is -2.37. The molecule has 1 aliphatic carbocycles. The molecule has 0 fully saturated rings. The summed E-state index contributed by atoms with van der Waals surface area (Å²) in [6, 6.07) is 18.4. The molecular weight excluding hydrogens is 313 g/mol. The lowest BCUT2D eigenvalue weighted by molar-refractivity contribution is 0.176. The molecule has 1 aliphatic rings. The number of rotatable bonds is 5. The van der Waals surface area contributed by atoms with E-state index in [1.807, 2.05) is 0 Å². The number of hydrogen-bond acceptors (Lipinski definition) is 1. The number of fused-ring (bicyclic) bond motifs is 3. The molecule has 0 aliphatic heterocycles. The van der Waals surface area contributed by atoms with Crippen LogP contribution in [0.3, 0.4) is 0 Å². The summed E-state index contributed by atoms with van der Waals surface area (Å²) in [6.07, 6.45) is 1.14. The third kappa shape index (κ3) is 2.90. The van der Waals surface area contributed by atoms with Crippen molar-refractivity contribution in [3.8, 4) is 11.1 Å². The molecule has 0 spiro atoms. The van der Waals surface area contributed by atoms with E-state index in [1.54, 1.807) is 0 Å². The van der Waals surface area contributed by atoms with Crippen LogP contribution in [0.2, 0.25) is 0 Å². The highest BCUT2D eigenvalue weighted by Crippen LogP contribution is 2.46. The first kappa shape index (κ1) is 17.3. The topological polar surface area (TPSA) is 3.24 Å². The Balaban J connectivity index is 0.00000176. The largest absolute Gasteiger partial charge is 0.288 e. The molecule has 0 N–H and O–H groups in total. The molecular formula is C19H23Cl2N. The Bertz CT molecular complexity index is 581. The summed E-state index contributed by atoms with van der Waals surface area (Å²) in [5.74, 6) is 0.672. The van der Waals surface area contributed by atoms with Gasteiger partial charge >= 0.3 is 0 Å². The zero-order chi connectivity index (χ0) is 14.8. The van der Waals surface area contributed by atoms with Gasteiger partial charge in [-0.2, -0.15) is 0 Å².